The molecule has 6 nitrogen and oxygen atoms in total. The van der Waals surface area contributed by atoms with Crippen molar-refractivity contribution in [1.29, 1.82) is 5.41 Å². The fourth-order valence-electron chi connectivity index (χ4n) is 2.84. The Hall–Kier alpha value is -3.29. The molecule has 0 aliphatic carbocycles. The third kappa shape index (κ3) is 4.16. The number of aryl methyl sites for hydroxylation is 1. The van der Waals surface area contributed by atoms with E-state index in [4.69, 9.17) is 16.3 Å². The fraction of sp³-hybridized carbons (Fsp3) is 0.0476. The van der Waals surface area contributed by atoms with Crippen molar-refractivity contribution >= 4 is 27.3 Å². The first-order chi connectivity index (χ1) is 13.3. The van der Waals surface area contributed by atoms with Gasteiger partial charge in [-0.15, -0.1) is 0 Å². The molecular formula is C21H20N4O2S. The zero-order valence-electron chi connectivity index (χ0n) is 15.3. The number of nitrogens with zero attached hydrogens (tertiary/aromatic N) is 1. The van der Waals surface area contributed by atoms with E-state index in [9.17, 15) is 8.42 Å². The largest absolute Gasteiger partial charge is 0.383 e. The second kappa shape index (κ2) is 7.75. The molecule has 0 spiro atoms. The number of nitrogens with one attached hydrogen (secondary N) is 1. The third-order valence-electron chi connectivity index (χ3n) is 4.26. The van der Waals surface area contributed by atoms with Crippen molar-refractivity contribution in [3.63, 3.8) is 0 Å². The molecule has 142 valence electrons. The summed E-state index contributed by atoms with van der Waals surface area (Å²) in [5.74, 6) is 0.269. The number of benzene rings is 3. The fourth-order valence-corrected chi connectivity index (χ4v) is 3.65. The number of sulfonamides is 1. The van der Waals surface area contributed by atoms with Gasteiger partial charge >= 0.3 is 0 Å². The Kier molecular flexibility index (Phi) is 5.39. The molecule has 0 aromatic heterocycles. The van der Waals surface area contributed by atoms with Gasteiger partial charge in [0.05, 0.1) is 16.3 Å². The first-order valence-electron chi connectivity index (χ1n) is 8.49. The van der Waals surface area contributed by atoms with E-state index in [1.807, 2.05) is 36.4 Å². The lowest BCUT2D eigenvalue weighted by molar-refractivity contribution is 0.597. The highest BCUT2D eigenvalue weighted by Gasteiger charge is 2.17. The standard InChI is InChI=1S/C21H20N4O2S/c1-14-11-12-15(13-19(14)28(24,26)27)20(22)17-9-5-6-10-18(17)21(23)25-16-7-3-2-4-8-16/h2-13,22H,1H3,(H2,23,25)(H2,24,26,27). The molecule has 0 saturated carbocycles. The summed E-state index contributed by atoms with van der Waals surface area (Å²) in [6.45, 7) is 1.66. The summed E-state index contributed by atoms with van der Waals surface area (Å²) in [6, 6.07) is 21.1. The molecule has 0 amide bonds. The molecule has 0 bridgehead atoms. The van der Waals surface area contributed by atoms with Crippen molar-refractivity contribution in [2.45, 2.75) is 11.8 Å². The normalized spacial score (nSPS) is 12.0. The van der Waals surface area contributed by atoms with Crippen LogP contribution in [0.3, 0.4) is 0 Å². The SMILES string of the molecule is Cc1ccc(C(=N)c2ccccc2C(N)=Nc2ccccc2)cc1S(N)(=O)=O. The van der Waals surface area contributed by atoms with E-state index in [1.165, 1.54) is 6.07 Å². The molecule has 0 saturated heterocycles. The number of para-hydroxylation sites is 1. The molecule has 0 atom stereocenters. The number of rotatable bonds is 5. The number of amidine groups is 1. The lowest BCUT2D eigenvalue weighted by atomic mass is 9.96. The van der Waals surface area contributed by atoms with Gasteiger partial charge in [-0.2, -0.15) is 0 Å². The molecule has 0 aliphatic rings. The molecule has 3 aromatic carbocycles. The predicted molar refractivity (Wildman–Crippen MR) is 112 cm³/mol. The number of primary sulfonamides is 1. The van der Waals surface area contributed by atoms with Gasteiger partial charge in [0.2, 0.25) is 10.0 Å². The summed E-state index contributed by atoms with van der Waals surface area (Å²) < 4.78 is 23.6. The van der Waals surface area contributed by atoms with Crippen LogP contribution < -0.4 is 10.9 Å². The van der Waals surface area contributed by atoms with Crippen LogP contribution in [-0.2, 0) is 10.0 Å². The molecular weight excluding hydrogens is 372 g/mol. The van der Waals surface area contributed by atoms with Crippen molar-refractivity contribution in [3.8, 4) is 0 Å². The number of hydrogen-bond donors (Lipinski definition) is 3. The monoisotopic (exact) mass is 392 g/mol. The van der Waals surface area contributed by atoms with Gasteiger partial charge in [-0.05, 0) is 30.7 Å². The van der Waals surface area contributed by atoms with Crippen LogP contribution in [0.5, 0.6) is 0 Å². The zero-order chi connectivity index (χ0) is 20.3. The minimum atomic E-state index is -3.88. The first-order valence-corrected chi connectivity index (χ1v) is 10.0. The van der Waals surface area contributed by atoms with Crippen LogP contribution in [0.4, 0.5) is 5.69 Å². The number of aliphatic imine (C=N–C) groups is 1. The summed E-state index contributed by atoms with van der Waals surface area (Å²) in [7, 11) is -3.88. The van der Waals surface area contributed by atoms with Gasteiger partial charge in [-0.3, -0.25) is 5.41 Å². The quantitative estimate of drug-likeness (QED) is 0.457. The summed E-state index contributed by atoms with van der Waals surface area (Å²) in [5.41, 5.74) is 9.13. The highest BCUT2D eigenvalue weighted by molar-refractivity contribution is 7.89. The van der Waals surface area contributed by atoms with Crippen molar-refractivity contribution in [1.82, 2.24) is 0 Å². The van der Waals surface area contributed by atoms with E-state index in [1.54, 1.807) is 37.3 Å². The molecule has 0 radical (unpaired) electrons. The maximum Gasteiger partial charge on any atom is 0.238 e. The maximum absolute atomic E-state index is 11.8. The van der Waals surface area contributed by atoms with E-state index in [0.717, 1.165) is 0 Å². The van der Waals surface area contributed by atoms with E-state index >= 15 is 0 Å². The topological polar surface area (TPSA) is 122 Å². The minimum absolute atomic E-state index is 0.00171. The molecule has 0 heterocycles. The number of nitrogens with two attached hydrogens (primary N) is 2. The number of hydrogen-bond acceptors (Lipinski definition) is 4. The van der Waals surface area contributed by atoms with Crippen LogP contribution in [0.1, 0.15) is 22.3 Å². The van der Waals surface area contributed by atoms with Gasteiger partial charge in [0.1, 0.15) is 5.84 Å². The van der Waals surface area contributed by atoms with Gasteiger partial charge < -0.3 is 5.73 Å². The summed E-state index contributed by atoms with van der Waals surface area (Å²) in [5, 5.41) is 13.9. The zero-order valence-corrected chi connectivity index (χ0v) is 16.1. The lowest BCUT2D eigenvalue weighted by Crippen LogP contribution is -2.19. The van der Waals surface area contributed by atoms with Crippen LogP contribution in [-0.4, -0.2) is 20.0 Å². The summed E-state index contributed by atoms with van der Waals surface area (Å²) >= 11 is 0. The Morgan fingerprint density at radius 3 is 2.18 bits per heavy atom. The van der Waals surface area contributed by atoms with Gasteiger partial charge in [0.15, 0.2) is 0 Å². The highest BCUT2D eigenvalue weighted by atomic mass is 32.2. The maximum atomic E-state index is 11.8. The molecule has 5 N–H and O–H groups in total. The Morgan fingerprint density at radius 1 is 0.929 bits per heavy atom. The molecule has 0 fully saturated rings. The van der Waals surface area contributed by atoms with Crippen LogP contribution in [0.15, 0.2) is 82.7 Å². The van der Waals surface area contributed by atoms with E-state index < -0.39 is 10.0 Å². The van der Waals surface area contributed by atoms with Gasteiger partial charge in [0, 0.05) is 16.7 Å². The van der Waals surface area contributed by atoms with Crippen LogP contribution in [0.25, 0.3) is 0 Å². The molecule has 3 aromatic rings. The second-order valence-corrected chi connectivity index (χ2v) is 7.81. The van der Waals surface area contributed by atoms with Gasteiger partial charge in [-0.1, -0.05) is 54.6 Å². The second-order valence-electron chi connectivity index (χ2n) is 6.28. The Labute approximate surface area is 164 Å². The molecule has 3 rings (SSSR count). The highest BCUT2D eigenvalue weighted by Crippen LogP contribution is 2.21. The Bertz CT molecular complexity index is 1170. The van der Waals surface area contributed by atoms with Gasteiger partial charge in [-0.25, -0.2) is 18.5 Å². The van der Waals surface area contributed by atoms with Crippen molar-refractivity contribution in [2.24, 2.45) is 15.9 Å². The lowest BCUT2D eigenvalue weighted by Gasteiger charge is -2.12. The molecule has 0 unspecified atom stereocenters. The average molecular weight is 392 g/mol. The van der Waals surface area contributed by atoms with Crippen LogP contribution in [0, 0.1) is 12.3 Å². The first kappa shape index (κ1) is 19.5. The van der Waals surface area contributed by atoms with Gasteiger partial charge in [0.25, 0.3) is 0 Å². The van der Waals surface area contributed by atoms with Crippen LogP contribution in [0.2, 0.25) is 0 Å². The van der Waals surface area contributed by atoms with Crippen LogP contribution >= 0.6 is 0 Å². The predicted octanol–water partition coefficient (Wildman–Crippen LogP) is 3.10. The minimum Gasteiger partial charge on any atom is -0.383 e. The van der Waals surface area contributed by atoms with Crippen molar-refractivity contribution in [2.75, 3.05) is 0 Å². The smallest absolute Gasteiger partial charge is 0.238 e. The van der Waals surface area contributed by atoms with E-state index in [0.29, 0.717) is 27.9 Å². The van der Waals surface area contributed by atoms with E-state index in [-0.39, 0.29) is 16.4 Å². The van der Waals surface area contributed by atoms with Crippen molar-refractivity contribution < 1.29 is 8.42 Å². The Balaban J connectivity index is 2.06. The van der Waals surface area contributed by atoms with Crippen molar-refractivity contribution in [3.05, 3.63) is 95.1 Å². The Morgan fingerprint density at radius 2 is 1.54 bits per heavy atom. The summed E-state index contributed by atoms with van der Waals surface area (Å²) in [4.78, 5) is 4.42. The molecule has 28 heavy (non-hydrogen) atoms. The average Bonchev–Trinajstić information content (AvgIpc) is 2.67. The summed E-state index contributed by atoms with van der Waals surface area (Å²) in [6.07, 6.45) is 0. The molecule has 7 heteroatoms. The van der Waals surface area contributed by atoms with E-state index in [2.05, 4.69) is 4.99 Å². The third-order valence-corrected chi connectivity index (χ3v) is 5.31. The molecule has 0 aliphatic heterocycles.